The summed E-state index contributed by atoms with van der Waals surface area (Å²) in [5, 5.41) is 93.7. The lowest BCUT2D eigenvalue weighted by Gasteiger charge is -2.47. The number of aliphatic hydroxyl groups excluding tert-OH is 8. The van der Waals surface area contributed by atoms with Crippen LogP contribution >= 0.6 is 0 Å². The van der Waals surface area contributed by atoms with Gasteiger partial charge in [-0.3, -0.25) is 24.6 Å². The molecule has 15 atom stereocenters. The minimum Gasteiger partial charge on any atom is -0.394 e. The summed E-state index contributed by atoms with van der Waals surface area (Å²) in [6.45, 7) is 4.69. The minimum atomic E-state index is -1.81. The van der Waals surface area contributed by atoms with Crippen molar-refractivity contribution in [3.63, 3.8) is 0 Å². The van der Waals surface area contributed by atoms with Crippen molar-refractivity contribution in [2.45, 2.75) is 196 Å². The first-order valence-corrected chi connectivity index (χ1v) is 20.7. The highest BCUT2D eigenvalue weighted by molar-refractivity contribution is 5.96. The Morgan fingerprint density at radius 3 is 1.90 bits per heavy atom. The fraction of sp³-hybridized carbons (Fsp3) is 0.895. The molecule has 0 aromatic carbocycles. The molecule has 58 heavy (non-hydrogen) atoms. The molecule has 0 bridgehead atoms. The lowest BCUT2D eigenvalue weighted by molar-refractivity contribution is -0.347. The quantitative estimate of drug-likeness (QED) is 0.0556. The summed E-state index contributed by atoms with van der Waals surface area (Å²) in [5.74, 6) is -0.972. The third kappa shape index (κ3) is 13.0. The van der Waals surface area contributed by atoms with Gasteiger partial charge in [0.2, 0.25) is 17.7 Å². The first-order valence-electron chi connectivity index (χ1n) is 20.7. The van der Waals surface area contributed by atoms with Gasteiger partial charge in [0, 0.05) is 32.7 Å². The van der Waals surface area contributed by atoms with Gasteiger partial charge in [-0.05, 0) is 12.3 Å². The second-order valence-corrected chi connectivity index (χ2v) is 16.4. The van der Waals surface area contributed by atoms with Gasteiger partial charge in [0.25, 0.3) is 0 Å². The number of ether oxygens (including phenoxy) is 4. The van der Waals surface area contributed by atoms with E-state index in [1.165, 1.54) is 32.1 Å². The van der Waals surface area contributed by atoms with Gasteiger partial charge in [0.15, 0.2) is 18.8 Å². The third-order valence-electron chi connectivity index (χ3n) is 11.3. The van der Waals surface area contributed by atoms with Crippen LogP contribution in [0.1, 0.15) is 104 Å². The number of unbranched alkanes of at least 4 members (excludes halogenated alkanes) is 8. The van der Waals surface area contributed by atoms with E-state index in [1.807, 2.05) is 0 Å². The zero-order valence-electron chi connectivity index (χ0n) is 33.6. The van der Waals surface area contributed by atoms with Crippen LogP contribution in [0.4, 0.5) is 4.79 Å². The van der Waals surface area contributed by atoms with E-state index in [0.29, 0.717) is 6.42 Å². The zero-order chi connectivity index (χ0) is 42.7. The number of hydrogen-bond acceptors (Lipinski definition) is 16. The standard InChI is InChI=1S/C38H66N4O16/c1-19(2)13-11-9-7-5-4-6-8-10-12-14-24(46)40-27-31(51)28(48)22(55-37(27)58-36-26(39-20(3)44)30(50)29(49)23(18-43)56-36)17-21(45)34-32(52)33(53)35(57-34)42-16-15-25(47)41-38(42)54/h19,21-23,26-37,43,45,48-53H,4-18H2,1-3H3,(H,39,44)(H,40,46)(H,41,47,54)/t21-,22-,23-,26-,27-,28+,29-,30-,31-,32+,33-,34-,35-,36-,37+/m1/s1. The Morgan fingerprint density at radius 1 is 0.776 bits per heavy atom. The van der Waals surface area contributed by atoms with Crippen molar-refractivity contribution in [1.29, 1.82) is 0 Å². The lowest BCUT2D eigenvalue weighted by Crippen LogP contribution is -2.69. The van der Waals surface area contributed by atoms with E-state index in [2.05, 4.69) is 29.8 Å². The van der Waals surface area contributed by atoms with Crippen LogP contribution in [-0.4, -0.2) is 175 Å². The van der Waals surface area contributed by atoms with Crippen LogP contribution in [-0.2, 0) is 33.3 Å². The topological polar surface area (TPSA) is 306 Å². The number of amides is 5. The number of urea groups is 1. The van der Waals surface area contributed by atoms with Gasteiger partial charge in [0.05, 0.1) is 18.8 Å². The summed E-state index contributed by atoms with van der Waals surface area (Å²) in [6.07, 6.45) is -11.4. The van der Waals surface area contributed by atoms with Crippen LogP contribution in [0.3, 0.4) is 0 Å². The predicted molar refractivity (Wildman–Crippen MR) is 201 cm³/mol. The number of carbonyl (C=O) groups excluding carboxylic acids is 4. The summed E-state index contributed by atoms with van der Waals surface area (Å²) in [6, 6.07) is -3.79. The van der Waals surface area contributed by atoms with Gasteiger partial charge in [-0.25, -0.2) is 4.79 Å². The molecule has 4 rings (SSSR count). The highest BCUT2D eigenvalue weighted by atomic mass is 16.8. The molecule has 0 aromatic rings. The molecule has 0 spiro atoms. The number of nitrogens with zero attached hydrogens (tertiary/aromatic N) is 1. The van der Waals surface area contributed by atoms with Crippen LogP contribution in [0.2, 0.25) is 0 Å². The fourth-order valence-electron chi connectivity index (χ4n) is 7.90. The first-order chi connectivity index (χ1) is 27.5. The molecule has 4 heterocycles. The van der Waals surface area contributed by atoms with Crippen LogP contribution in [0.5, 0.6) is 0 Å². The molecule has 0 aliphatic carbocycles. The number of carbonyl (C=O) groups is 4. The Hall–Kier alpha value is -2.60. The van der Waals surface area contributed by atoms with Crippen LogP contribution < -0.4 is 16.0 Å². The highest BCUT2D eigenvalue weighted by Crippen LogP contribution is 2.33. The predicted octanol–water partition coefficient (Wildman–Crippen LogP) is -2.04. The molecule has 0 radical (unpaired) electrons. The molecule has 0 unspecified atom stereocenters. The molecule has 4 aliphatic heterocycles. The average Bonchev–Trinajstić information content (AvgIpc) is 3.46. The number of rotatable bonds is 21. The SMILES string of the molecule is CC(=O)N[C@H]1[C@@H](O[C@@H]2O[C@H](C[C@@H](O)[C@H]3O[C@@H](N4CCC(=O)NC4=O)[C@H](O)[C@@H]3O)[C@H](O)[C@H](O)[C@H]2NC(=O)CCCCCCCCCCCC(C)C)O[C@H](CO)[C@@H](O)[C@@H]1O. The maximum atomic E-state index is 13.2. The minimum absolute atomic E-state index is 0.0684. The molecular formula is C38H66N4O16. The van der Waals surface area contributed by atoms with Crippen LogP contribution in [0.25, 0.3) is 0 Å². The number of nitrogens with one attached hydrogen (secondary N) is 3. The van der Waals surface area contributed by atoms with Crippen molar-refractivity contribution in [3.8, 4) is 0 Å². The summed E-state index contributed by atoms with van der Waals surface area (Å²) < 4.78 is 23.4. The Balaban J connectivity index is 1.42. The molecule has 0 aromatic heterocycles. The van der Waals surface area contributed by atoms with Crippen molar-refractivity contribution in [3.05, 3.63) is 0 Å². The molecule has 20 nitrogen and oxygen atoms in total. The second-order valence-electron chi connectivity index (χ2n) is 16.4. The highest BCUT2D eigenvalue weighted by Gasteiger charge is 2.54. The van der Waals surface area contributed by atoms with Gasteiger partial charge < -0.3 is 70.4 Å². The molecule has 334 valence electrons. The summed E-state index contributed by atoms with van der Waals surface area (Å²) >= 11 is 0. The van der Waals surface area contributed by atoms with Crippen molar-refractivity contribution in [2.24, 2.45) is 5.92 Å². The summed E-state index contributed by atoms with van der Waals surface area (Å²) in [4.78, 5) is 50.3. The van der Waals surface area contributed by atoms with Crippen molar-refractivity contribution < 1.29 is 79.0 Å². The van der Waals surface area contributed by atoms with E-state index in [4.69, 9.17) is 18.9 Å². The number of hydrogen-bond donors (Lipinski definition) is 11. The van der Waals surface area contributed by atoms with Crippen LogP contribution in [0, 0.1) is 5.92 Å². The third-order valence-corrected chi connectivity index (χ3v) is 11.3. The Labute approximate surface area is 338 Å². The van der Waals surface area contributed by atoms with E-state index in [1.54, 1.807) is 0 Å². The molecule has 5 amide bonds. The van der Waals surface area contributed by atoms with Crippen molar-refractivity contribution in [1.82, 2.24) is 20.9 Å². The van der Waals surface area contributed by atoms with E-state index in [-0.39, 0.29) is 19.4 Å². The van der Waals surface area contributed by atoms with E-state index in [0.717, 1.165) is 43.4 Å². The molecule has 4 fully saturated rings. The molecular weight excluding hydrogens is 768 g/mol. The van der Waals surface area contributed by atoms with Gasteiger partial charge in [-0.1, -0.05) is 71.6 Å². The van der Waals surface area contributed by atoms with E-state index >= 15 is 0 Å². The summed E-state index contributed by atoms with van der Waals surface area (Å²) in [5.41, 5.74) is 0. The van der Waals surface area contributed by atoms with Crippen molar-refractivity contribution in [2.75, 3.05) is 13.2 Å². The number of aliphatic hydroxyl groups is 8. The molecule has 20 heteroatoms. The Bertz CT molecular complexity index is 1330. The van der Waals surface area contributed by atoms with Gasteiger partial charge >= 0.3 is 6.03 Å². The van der Waals surface area contributed by atoms with Gasteiger partial charge in [-0.15, -0.1) is 0 Å². The van der Waals surface area contributed by atoms with E-state index < -0.39 is 129 Å². The largest absolute Gasteiger partial charge is 0.394 e. The second kappa shape index (κ2) is 22.8. The maximum absolute atomic E-state index is 13.2. The zero-order valence-corrected chi connectivity index (χ0v) is 33.6. The van der Waals surface area contributed by atoms with Gasteiger partial charge in [-0.2, -0.15) is 0 Å². The average molecular weight is 835 g/mol. The van der Waals surface area contributed by atoms with Gasteiger partial charge in [0.1, 0.15) is 60.9 Å². The molecule has 4 saturated heterocycles. The Kier molecular flexibility index (Phi) is 18.9. The number of imide groups is 1. The smallest absolute Gasteiger partial charge is 0.326 e. The monoisotopic (exact) mass is 834 g/mol. The first kappa shape index (κ1) is 48.1. The lowest BCUT2D eigenvalue weighted by atomic mass is 9.91. The Morgan fingerprint density at radius 2 is 1.33 bits per heavy atom. The summed E-state index contributed by atoms with van der Waals surface area (Å²) in [7, 11) is 0. The maximum Gasteiger partial charge on any atom is 0.326 e. The molecule has 4 aliphatic rings. The fourth-order valence-corrected chi connectivity index (χ4v) is 7.90. The normalized spacial score (nSPS) is 36.2. The van der Waals surface area contributed by atoms with E-state index in [9.17, 15) is 60.0 Å². The molecule has 0 saturated carbocycles. The van der Waals surface area contributed by atoms with Crippen LogP contribution in [0.15, 0.2) is 0 Å². The van der Waals surface area contributed by atoms with Crippen molar-refractivity contribution >= 4 is 23.8 Å². The molecule has 11 N–H and O–H groups in total.